The van der Waals surface area contributed by atoms with Gasteiger partial charge in [-0.05, 0) is 18.4 Å². The molecule has 1 N–H and O–H groups in total. The highest BCUT2D eigenvalue weighted by molar-refractivity contribution is 5.85. The van der Waals surface area contributed by atoms with E-state index in [9.17, 15) is 8.78 Å². The van der Waals surface area contributed by atoms with Gasteiger partial charge >= 0.3 is 0 Å². The van der Waals surface area contributed by atoms with Crippen molar-refractivity contribution in [2.75, 3.05) is 13.1 Å². The fraction of sp³-hybridized carbons (Fsp3) is 1.00. The standard InChI is InChI=1S/C9H15F2N.ClH/c1-7(2)6-12-4-3-8(7)5-9(8,10)11;/h12H,3-6H2,1-2H3;1H. The molecule has 2 rings (SSSR count). The summed E-state index contributed by atoms with van der Waals surface area (Å²) in [6.45, 7) is 5.36. The van der Waals surface area contributed by atoms with E-state index in [-0.39, 0.29) is 24.2 Å². The van der Waals surface area contributed by atoms with E-state index in [2.05, 4.69) is 5.32 Å². The Morgan fingerprint density at radius 3 is 2.08 bits per heavy atom. The molecule has 1 saturated carbocycles. The summed E-state index contributed by atoms with van der Waals surface area (Å²) in [4.78, 5) is 0. The highest BCUT2D eigenvalue weighted by atomic mass is 35.5. The van der Waals surface area contributed by atoms with Gasteiger partial charge in [-0.3, -0.25) is 0 Å². The van der Waals surface area contributed by atoms with Gasteiger partial charge in [-0.15, -0.1) is 12.4 Å². The Hall–Kier alpha value is 0.110. The largest absolute Gasteiger partial charge is 0.316 e. The maximum absolute atomic E-state index is 13.1. The highest BCUT2D eigenvalue weighted by Gasteiger charge is 2.76. The third-order valence-electron chi connectivity index (χ3n) is 3.69. The molecule has 1 atom stereocenters. The summed E-state index contributed by atoms with van der Waals surface area (Å²) < 4.78 is 26.3. The molecule has 1 spiro atoms. The van der Waals surface area contributed by atoms with E-state index in [0.29, 0.717) is 6.42 Å². The predicted octanol–water partition coefficient (Wildman–Crippen LogP) is 2.45. The molecule has 0 amide bonds. The van der Waals surface area contributed by atoms with Crippen molar-refractivity contribution in [2.45, 2.75) is 32.6 Å². The zero-order valence-electron chi connectivity index (χ0n) is 7.99. The van der Waals surface area contributed by atoms with E-state index in [0.717, 1.165) is 13.1 Å². The number of hydrogen-bond acceptors (Lipinski definition) is 1. The van der Waals surface area contributed by atoms with Crippen LogP contribution in [0.5, 0.6) is 0 Å². The van der Waals surface area contributed by atoms with Crippen LogP contribution in [0.25, 0.3) is 0 Å². The van der Waals surface area contributed by atoms with Crippen LogP contribution in [0.15, 0.2) is 0 Å². The highest BCUT2D eigenvalue weighted by Crippen LogP contribution is 2.71. The fourth-order valence-electron chi connectivity index (χ4n) is 2.55. The average molecular weight is 212 g/mol. The number of rotatable bonds is 0. The summed E-state index contributed by atoms with van der Waals surface area (Å²) in [6, 6.07) is 0. The molecule has 2 aliphatic rings. The lowest BCUT2D eigenvalue weighted by molar-refractivity contribution is -0.00988. The zero-order valence-corrected chi connectivity index (χ0v) is 8.81. The Kier molecular flexibility index (Phi) is 2.41. The van der Waals surface area contributed by atoms with Gasteiger partial charge in [0, 0.05) is 18.4 Å². The Morgan fingerprint density at radius 1 is 1.23 bits per heavy atom. The lowest BCUT2D eigenvalue weighted by Crippen LogP contribution is -2.46. The molecule has 1 aliphatic carbocycles. The number of alkyl halides is 2. The quantitative estimate of drug-likeness (QED) is 0.649. The summed E-state index contributed by atoms with van der Waals surface area (Å²) >= 11 is 0. The van der Waals surface area contributed by atoms with E-state index in [4.69, 9.17) is 0 Å². The van der Waals surface area contributed by atoms with Crippen LogP contribution in [0.1, 0.15) is 26.7 Å². The second-order valence-electron chi connectivity index (χ2n) is 4.77. The maximum Gasteiger partial charge on any atom is 0.255 e. The molecule has 13 heavy (non-hydrogen) atoms. The molecule has 1 unspecified atom stereocenters. The van der Waals surface area contributed by atoms with Gasteiger partial charge in [0.1, 0.15) is 0 Å². The van der Waals surface area contributed by atoms with Crippen molar-refractivity contribution in [3.8, 4) is 0 Å². The van der Waals surface area contributed by atoms with Crippen molar-refractivity contribution in [1.29, 1.82) is 0 Å². The lowest BCUT2D eigenvalue weighted by atomic mass is 9.71. The molecule has 0 aromatic carbocycles. The maximum atomic E-state index is 13.1. The van der Waals surface area contributed by atoms with Crippen molar-refractivity contribution in [1.82, 2.24) is 5.32 Å². The first-order valence-corrected chi connectivity index (χ1v) is 4.50. The second-order valence-corrected chi connectivity index (χ2v) is 4.77. The first-order valence-electron chi connectivity index (χ1n) is 4.50. The molecule has 1 saturated heterocycles. The van der Waals surface area contributed by atoms with E-state index < -0.39 is 11.3 Å². The van der Waals surface area contributed by atoms with Crippen LogP contribution < -0.4 is 5.32 Å². The molecular weight excluding hydrogens is 196 g/mol. The van der Waals surface area contributed by atoms with Gasteiger partial charge in [0.15, 0.2) is 0 Å². The van der Waals surface area contributed by atoms with Crippen LogP contribution in [-0.4, -0.2) is 19.0 Å². The molecule has 1 nitrogen and oxygen atoms in total. The Balaban J connectivity index is 0.000000845. The molecule has 0 radical (unpaired) electrons. The Morgan fingerprint density at radius 2 is 1.77 bits per heavy atom. The molecule has 0 aromatic rings. The van der Waals surface area contributed by atoms with E-state index >= 15 is 0 Å². The first-order chi connectivity index (χ1) is 5.41. The first kappa shape index (κ1) is 11.2. The Bertz CT molecular complexity index is 218. The molecule has 4 heteroatoms. The minimum Gasteiger partial charge on any atom is -0.316 e. The number of nitrogens with one attached hydrogen (secondary N) is 1. The van der Waals surface area contributed by atoms with Crippen LogP contribution in [0.2, 0.25) is 0 Å². The molecule has 0 bridgehead atoms. The fourth-order valence-corrected chi connectivity index (χ4v) is 2.55. The summed E-state index contributed by atoms with van der Waals surface area (Å²) in [5, 5.41) is 3.18. The van der Waals surface area contributed by atoms with Gasteiger partial charge in [0.05, 0.1) is 0 Å². The Labute approximate surface area is 83.7 Å². The van der Waals surface area contributed by atoms with Crippen LogP contribution in [0.4, 0.5) is 8.78 Å². The number of piperidine rings is 1. The van der Waals surface area contributed by atoms with E-state index in [1.807, 2.05) is 13.8 Å². The van der Waals surface area contributed by atoms with Crippen molar-refractivity contribution in [2.24, 2.45) is 10.8 Å². The van der Waals surface area contributed by atoms with Gasteiger partial charge in [0.25, 0.3) is 5.92 Å². The van der Waals surface area contributed by atoms with Crippen molar-refractivity contribution in [3.05, 3.63) is 0 Å². The zero-order chi connectivity index (χ0) is 9.04. The lowest BCUT2D eigenvalue weighted by Gasteiger charge is -2.39. The number of halogens is 3. The second kappa shape index (κ2) is 2.80. The predicted molar refractivity (Wildman–Crippen MR) is 50.5 cm³/mol. The minimum absolute atomic E-state index is 0. The summed E-state index contributed by atoms with van der Waals surface area (Å²) in [5.74, 6) is -2.39. The van der Waals surface area contributed by atoms with Crippen LogP contribution >= 0.6 is 12.4 Å². The van der Waals surface area contributed by atoms with Gasteiger partial charge in [-0.1, -0.05) is 13.8 Å². The van der Waals surface area contributed by atoms with Gasteiger partial charge in [0.2, 0.25) is 0 Å². The normalized spacial score (nSPS) is 39.7. The molecule has 1 aliphatic heterocycles. The summed E-state index contributed by atoms with van der Waals surface area (Å²) in [5.41, 5.74) is -0.917. The average Bonchev–Trinajstić information content (AvgIpc) is 2.46. The smallest absolute Gasteiger partial charge is 0.255 e. The number of hydrogen-bond donors (Lipinski definition) is 1. The van der Waals surface area contributed by atoms with Crippen LogP contribution in [0.3, 0.4) is 0 Å². The van der Waals surface area contributed by atoms with E-state index in [1.54, 1.807) is 0 Å². The molecular formula is C9H16ClF2N. The molecule has 78 valence electrons. The molecule has 1 heterocycles. The monoisotopic (exact) mass is 211 g/mol. The van der Waals surface area contributed by atoms with Gasteiger partial charge in [-0.25, -0.2) is 8.78 Å². The van der Waals surface area contributed by atoms with Crippen molar-refractivity contribution >= 4 is 12.4 Å². The molecule has 0 aromatic heterocycles. The SMILES string of the molecule is CC1(C)CNCCC12CC2(F)F.Cl. The minimum atomic E-state index is -2.39. The van der Waals surface area contributed by atoms with Gasteiger partial charge < -0.3 is 5.32 Å². The summed E-state index contributed by atoms with van der Waals surface area (Å²) in [6.07, 6.45) is 0.738. The van der Waals surface area contributed by atoms with Crippen molar-refractivity contribution < 1.29 is 8.78 Å². The summed E-state index contributed by atoms with van der Waals surface area (Å²) in [7, 11) is 0. The van der Waals surface area contributed by atoms with Crippen LogP contribution in [0, 0.1) is 10.8 Å². The third-order valence-corrected chi connectivity index (χ3v) is 3.69. The molecule has 2 fully saturated rings. The van der Waals surface area contributed by atoms with Crippen LogP contribution in [-0.2, 0) is 0 Å². The topological polar surface area (TPSA) is 12.0 Å². The van der Waals surface area contributed by atoms with Gasteiger partial charge in [-0.2, -0.15) is 0 Å². The van der Waals surface area contributed by atoms with Crippen molar-refractivity contribution in [3.63, 3.8) is 0 Å². The third kappa shape index (κ3) is 1.28. The van der Waals surface area contributed by atoms with E-state index in [1.165, 1.54) is 0 Å².